The van der Waals surface area contributed by atoms with E-state index in [1.54, 1.807) is 25.4 Å². The molecule has 0 bridgehead atoms. The van der Waals surface area contributed by atoms with Gasteiger partial charge in [0.05, 0.1) is 5.02 Å². The molecule has 0 radical (unpaired) electrons. The summed E-state index contributed by atoms with van der Waals surface area (Å²) in [6.07, 6.45) is 4.64. The molecule has 0 fully saturated rings. The summed E-state index contributed by atoms with van der Waals surface area (Å²) in [7, 11) is 0. The van der Waals surface area contributed by atoms with Gasteiger partial charge in [0.2, 0.25) is 0 Å². The molecule has 3 aromatic heterocycles. The van der Waals surface area contributed by atoms with Crippen molar-refractivity contribution in [2.45, 2.75) is 16.8 Å². The Bertz CT molecular complexity index is 851. The van der Waals surface area contributed by atoms with Gasteiger partial charge in [-0.2, -0.15) is 0 Å². The summed E-state index contributed by atoms with van der Waals surface area (Å²) in [4.78, 5) is 25.4. The number of carbonyl (C=O) groups is 1. The van der Waals surface area contributed by atoms with E-state index in [1.807, 2.05) is 0 Å². The third-order valence-corrected chi connectivity index (χ3v) is 5.51. The molecule has 0 atom stereocenters. The minimum Gasteiger partial charge on any atom is -0.477 e. The number of aryl methyl sites for hydroxylation is 1. The van der Waals surface area contributed by atoms with Gasteiger partial charge in [-0.15, -0.1) is 11.3 Å². The fourth-order valence-corrected chi connectivity index (χ4v) is 4.10. The Balaban J connectivity index is 2.15. The van der Waals surface area contributed by atoms with Crippen LogP contribution in [-0.2, 0) is 0 Å². The second kappa shape index (κ2) is 5.59. The van der Waals surface area contributed by atoms with Gasteiger partial charge in [0.25, 0.3) is 0 Å². The molecule has 5 nitrogen and oxygen atoms in total. The van der Waals surface area contributed by atoms with Crippen molar-refractivity contribution in [3.05, 3.63) is 40.3 Å². The lowest BCUT2D eigenvalue weighted by Crippen LogP contribution is -1.94. The smallest absolute Gasteiger partial charge is 0.346 e. The molecular formula is C13H8ClN3O2S2. The first-order chi connectivity index (χ1) is 10.1. The van der Waals surface area contributed by atoms with Gasteiger partial charge in [-0.25, -0.2) is 14.8 Å². The Morgan fingerprint density at radius 2 is 2.24 bits per heavy atom. The van der Waals surface area contributed by atoms with Crippen LogP contribution in [0.2, 0.25) is 5.02 Å². The molecule has 8 heteroatoms. The Kier molecular flexibility index (Phi) is 3.79. The molecule has 0 saturated heterocycles. The summed E-state index contributed by atoms with van der Waals surface area (Å²) in [5, 5.41) is 11.2. The van der Waals surface area contributed by atoms with Crippen LogP contribution < -0.4 is 0 Å². The quantitative estimate of drug-likeness (QED) is 0.730. The summed E-state index contributed by atoms with van der Waals surface area (Å²) in [6.45, 7) is 1.77. The average molecular weight is 338 g/mol. The fraction of sp³-hybridized carbons (Fsp3) is 0.0769. The second-order valence-corrected chi connectivity index (χ2v) is 6.57. The van der Waals surface area contributed by atoms with Crippen molar-refractivity contribution in [3.8, 4) is 0 Å². The zero-order valence-corrected chi connectivity index (χ0v) is 13.1. The van der Waals surface area contributed by atoms with Crippen LogP contribution >= 0.6 is 34.7 Å². The summed E-state index contributed by atoms with van der Waals surface area (Å²) < 4.78 is 0. The van der Waals surface area contributed by atoms with Crippen molar-refractivity contribution in [2.24, 2.45) is 0 Å². The Morgan fingerprint density at radius 1 is 1.43 bits per heavy atom. The van der Waals surface area contributed by atoms with Gasteiger partial charge in [-0.3, -0.25) is 4.98 Å². The van der Waals surface area contributed by atoms with Gasteiger partial charge in [0.1, 0.15) is 21.1 Å². The molecule has 0 aromatic carbocycles. The zero-order valence-electron chi connectivity index (χ0n) is 10.7. The van der Waals surface area contributed by atoms with Crippen LogP contribution in [0.25, 0.3) is 10.2 Å². The highest BCUT2D eigenvalue weighted by atomic mass is 35.5. The van der Waals surface area contributed by atoms with Crippen molar-refractivity contribution >= 4 is 50.9 Å². The molecule has 0 unspecified atom stereocenters. The van der Waals surface area contributed by atoms with Crippen molar-refractivity contribution in [1.29, 1.82) is 0 Å². The van der Waals surface area contributed by atoms with Crippen molar-refractivity contribution in [1.82, 2.24) is 15.0 Å². The average Bonchev–Trinajstić information content (AvgIpc) is 2.80. The highest BCUT2D eigenvalue weighted by Crippen LogP contribution is 2.39. The first-order valence-corrected chi connectivity index (χ1v) is 7.83. The third-order valence-electron chi connectivity index (χ3n) is 2.83. The van der Waals surface area contributed by atoms with E-state index >= 15 is 0 Å². The largest absolute Gasteiger partial charge is 0.477 e. The molecule has 21 heavy (non-hydrogen) atoms. The van der Waals surface area contributed by atoms with E-state index in [0.717, 1.165) is 21.6 Å². The van der Waals surface area contributed by atoms with Gasteiger partial charge in [0, 0.05) is 22.7 Å². The Hall–Kier alpha value is -1.70. The number of fused-ring (bicyclic) bond motifs is 1. The lowest BCUT2D eigenvalue weighted by Gasteiger charge is -2.04. The van der Waals surface area contributed by atoms with Gasteiger partial charge >= 0.3 is 5.97 Å². The van der Waals surface area contributed by atoms with E-state index in [9.17, 15) is 9.90 Å². The molecule has 1 N–H and O–H groups in total. The molecule has 0 saturated carbocycles. The van der Waals surface area contributed by atoms with E-state index < -0.39 is 5.97 Å². The number of aromatic carboxylic acids is 1. The number of aromatic nitrogens is 3. The molecule has 3 aromatic rings. The van der Waals surface area contributed by atoms with Gasteiger partial charge in [0.15, 0.2) is 0 Å². The van der Waals surface area contributed by atoms with E-state index in [1.165, 1.54) is 18.1 Å². The van der Waals surface area contributed by atoms with Crippen LogP contribution in [0, 0.1) is 6.92 Å². The molecule has 3 rings (SSSR count). The number of rotatable bonds is 3. The number of halogens is 1. The number of thiophene rings is 1. The highest BCUT2D eigenvalue weighted by Gasteiger charge is 2.19. The normalized spacial score (nSPS) is 11.0. The number of hydrogen-bond acceptors (Lipinski definition) is 6. The molecular weight excluding hydrogens is 330 g/mol. The van der Waals surface area contributed by atoms with Crippen LogP contribution in [0.15, 0.2) is 34.7 Å². The molecule has 0 aliphatic carbocycles. The highest BCUT2D eigenvalue weighted by molar-refractivity contribution is 7.99. The monoisotopic (exact) mass is 337 g/mol. The Labute approximate surface area is 133 Å². The van der Waals surface area contributed by atoms with Gasteiger partial charge in [-0.05, 0) is 18.6 Å². The van der Waals surface area contributed by atoms with E-state index in [4.69, 9.17) is 11.6 Å². The SMILES string of the molecule is Cc1c(C(=O)O)sc2ncnc(Sc3ccncc3Cl)c12. The third kappa shape index (κ3) is 2.59. The van der Waals surface area contributed by atoms with Crippen molar-refractivity contribution < 1.29 is 9.90 Å². The van der Waals surface area contributed by atoms with Crippen LogP contribution in [-0.4, -0.2) is 26.0 Å². The number of carboxylic acid groups (broad SMARTS) is 1. The number of nitrogens with zero attached hydrogens (tertiary/aromatic N) is 3. The Morgan fingerprint density at radius 3 is 2.95 bits per heavy atom. The van der Waals surface area contributed by atoms with Crippen molar-refractivity contribution in [2.75, 3.05) is 0 Å². The number of hydrogen-bond donors (Lipinski definition) is 1. The zero-order chi connectivity index (χ0) is 15.0. The number of carboxylic acids is 1. The first-order valence-electron chi connectivity index (χ1n) is 5.82. The minimum absolute atomic E-state index is 0.285. The van der Waals surface area contributed by atoms with E-state index in [0.29, 0.717) is 20.4 Å². The molecule has 0 spiro atoms. The summed E-state index contributed by atoms with van der Waals surface area (Å²) in [6, 6.07) is 1.79. The van der Waals surface area contributed by atoms with Crippen molar-refractivity contribution in [3.63, 3.8) is 0 Å². The lowest BCUT2D eigenvalue weighted by atomic mass is 10.2. The number of pyridine rings is 1. The minimum atomic E-state index is -0.951. The predicted octanol–water partition coefficient (Wildman–Crippen LogP) is 3.90. The van der Waals surface area contributed by atoms with Gasteiger partial charge in [-0.1, -0.05) is 23.4 Å². The fourth-order valence-electron chi connectivity index (χ4n) is 1.87. The van der Waals surface area contributed by atoms with Crippen LogP contribution in [0.1, 0.15) is 15.2 Å². The summed E-state index contributed by atoms with van der Waals surface area (Å²) in [5.74, 6) is -0.951. The van der Waals surface area contributed by atoms with Gasteiger partial charge < -0.3 is 5.11 Å². The first kappa shape index (κ1) is 14.2. The molecule has 0 amide bonds. The summed E-state index contributed by atoms with van der Waals surface area (Å²) >= 11 is 8.63. The lowest BCUT2D eigenvalue weighted by molar-refractivity contribution is 0.0701. The topological polar surface area (TPSA) is 76.0 Å². The van der Waals surface area contributed by atoms with Crippen LogP contribution in [0.3, 0.4) is 0 Å². The second-order valence-electron chi connectivity index (χ2n) is 4.13. The summed E-state index contributed by atoms with van der Waals surface area (Å²) in [5.41, 5.74) is 0.677. The maximum atomic E-state index is 11.2. The maximum Gasteiger partial charge on any atom is 0.346 e. The van der Waals surface area contributed by atoms with Crippen LogP contribution in [0.5, 0.6) is 0 Å². The molecule has 3 heterocycles. The van der Waals surface area contributed by atoms with Crippen LogP contribution in [0.4, 0.5) is 0 Å². The standard InChI is InChI=1S/C13H8ClN3O2S2/c1-6-9-11(20-8-2-3-15-4-7(8)14)16-5-17-12(9)21-10(6)13(18)19/h2-5H,1H3,(H,18,19). The van der Waals surface area contributed by atoms with E-state index in [2.05, 4.69) is 15.0 Å². The molecule has 0 aliphatic heterocycles. The predicted molar refractivity (Wildman–Crippen MR) is 82.5 cm³/mol. The molecule has 106 valence electrons. The maximum absolute atomic E-state index is 11.2. The molecule has 0 aliphatic rings. The van der Waals surface area contributed by atoms with E-state index in [-0.39, 0.29) is 4.88 Å².